The minimum Gasteiger partial charge on any atom is -0.144 e. The van der Waals surface area contributed by atoms with Gasteiger partial charge in [-0.05, 0) is 177 Å². The van der Waals surface area contributed by atoms with Crippen LogP contribution in [0.5, 0.6) is 0 Å². The lowest BCUT2D eigenvalue weighted by molar-refractivity contribution is 0.265. The number of fused-ring (bicyclic) bond motifs is 8. The number of hydrogen-bond acceptors (Lipinski definition) is 2. The van der Waals surface area contributed by atoms with E-state index in [1.807, 2.05) is 11.3 Å². The molecule has 5 unspecified atom stereocenters. The SMILES string of the molecule is CCCCC(CC)CC1(CC(CC)CCC)c2cc3c(cc2-c2cc4sccc4cc21)C(CC(CC)CCCC)(CC(CC)CCCC)c1cc2cc(C4CCCCCCC4)sc2cc1-3. The van der Waals surface area contributed by atoms with Gasteiger partial charge in [0.15, 0.2) is 0 Å². The van der Waals surface area contributed by atoms with Crippen LogP contribution in [0.2, 0.25) is 0 Å². The molecule has 354 valence electrons. The average molecular weight is 912 g/mol. The van der Waals surface area contributed by atoms with Gasteiger partial charge in [-0.3, -0.25) is 0 Å². The lowest BCUT2D eigenvalue weighted by Gasteiger charge is -2.40. The van der Waals surface area contributed by atoms with Crippen LogP contribution in [0.4, 0.5) is 0 Å². The van der Waals surface area contributed by atoms with Crippen molar-refractivity contribution in [2.45, 2.75) is 239 Å². The van der Waals surface area contributed by atoms with E-state index in [-0.39, 0.29) is 10.8 Å². The van der Waals surface area contributed by atoms with Crippen LogP contribution >= 0.6 is 22.7 Å². The molecule has 0 spiro atoms. The summed E-state index contributed by atoms with van der Waals surface area (Å²) in [7, 11) is 0. The molecule has 65 heavy (non-hydrogen) atoms. The fourth-order valence-electron chi connectivity index (χ4n) is 14.1. The summed E-state index contributed by atoms with van der Waals surface area (Å²) in [5.41, 5.74) is 13.3. The van der Waals surface area contributed by atoms with Crippen molar-refractivity contribution in [1.82, 2.24) is 0 Å². The first-order valence-corrected chi connectivity index (χ1v) is 29.8. The van der Waals surface area contributed by atoms with Crippen molar-refractivity contribution in [1.29, 1.82) is 0 Å². The fraction of sp³-hybridized carbons (Fsp3) is 0.651. The average Bonchev–Trinajstić information content (AvgIpc) is 4.07. The molecule has 5 aromatic rings. The smallest absolute Gasteiger partial charge is 0.0352 e. The van der Waals surface area contributed by atoms with Gasteiger partial charge in [0, 0.05) is 25.1 Å². The molecule has 0 nitrogen and oxygen atoms in total. The summed E-state index contributed by atoms with van der Waals surface area (Å²) < 4.78 is 3.02. The second-order valence-electron chi connectivity index (χ2n) is 22.2. The van der Waals surface area contributed by atoms with Crippen LogP contribution in [0, 0.1) is 23.7 Å². The van der Waals surface area contributed by atoms with Crippen molar-refractivity contribution >= 4 is 42.8 Å². The monoisotopic (exact) mass is 911 g/mol. The Kier molecular flexibility index (Phi) is 16.8. The molecule has 0 N–H and O–H groups in total. The van der Waals surface area contributed by atoms with Crippen molar-refractivity contribution in [2.24, 2.45) is 23.7 Å². The third kappa shape index (κ3) is 9.90. The van der Waals surface area contributed by atoms with Crippen LogP contribution in [-0.4, -0.2) is 0 Å². The Morgan fingerprint density at radius 1 is 0.462 bits per heavy atom. The molecule has 1 fully saturated rings. The zero-order valence-electron chi connectivity index (χ0n) is 42.8. The van der Waals surface area contributed by atoms with Crippen molar-refractivity contribution in [3.8, 4) is 22.3 Å². The topological polar surface area (TPSA) is 0 Å². The Hall–Kier alpha value is -2.42. The third-order valence-electron chi connectivity index (χ3n) is 18.0. The highest BCUT2D eigenvalue weighted by Gasteiger charge is 2.51. The zero-order chi connectivity index (χ0) is 45.6. The van der Waals surface area contributed by atoms with Gasteiger partial charge in [0.1, 0.15) is 0 Å². The molecule has 2 heterocycles. The molecule has 0 radical (unpaired) electrons. The Bertz CT molecular complexity index is 2270. The maximum atomic E-state index is 2.92. The van der Waals surface area contributed by atoms with Gasteiger partial charge in [-0.25, -0.2) is 0 Å². The molecular formula is C63H90S2. The maximum absolute atomic E-state index is 2.92. The van der Waals surface area contributed by atoms with Crippen molar-refractivity contribution in [3.63, 3.8) is 0 Å². The molecule has 1 saturated carbocycles. The van der Waals surface area contributed by atoms with Gasteiger partial charge in [0.2, 0.25) is 0 Å². The summed E-state index contributed by atoms with van der Waals surface area (Å²) in [4.78, 5) is 1.68. The molecule has 3 aromatic carbocycles. The summed E-state index contributed by atoms with van der Waals surface area (Å²) in [5.74, 6) is 3.66. The first kappa shape index (κ1) is 49.0. The summed E-state index contributed by atoms with van der Waals surface area (Å²) in [5, 5.41) is 5.36. The number of unbranched alkanes of at least 4 members (excludes halogenated alkanes) is 3. The van der Waals surface area contributed by atoms with Crippen molar-refractivity contribution in [2.75, 3.05) is 0 Å². The van der Waals surface area contributed by atoms with E-state index in [4.69, 9.17) is 0 Å². The predicted octanol–water partition coefficient (Wildman–Crippen LogP) is 21.5. The van der Waals surface area contributed by atoms with Crippen LogP contribution in [0.15, 0.2) is 53.9 Å². The van der Waals surface area contributed by atoms with Gasteiger partial charge in [0.05, 0.1) is 0 Å². The second kappa shape index (κ2) is 22.3. The maximum Gasteiger partial charge on any atom is 0.0352 e. The van der Waals surface area contributed by atoms with Crippen LogP contribution in [0.25, 0.3) is 42.4 Å². The van der Waals surface area contributed by atoms with Gasteiger partial charge in [-0.2, -0.15) is 0 Å². The number of thiophene rings is 2. The van der Waals surface area contributed by atoms with Crippen LogP contribution < -0.4 is 0 Å². The van der Waals surface area contributed by atoms with Gasteiger partial charge in [-0.15, -0.1) is 22.7 Å². The van der Waals surface area contributed by atoms with Gasteiger partial charge in [-0.1, -0.05) is 184 Å². The molecule has 8 rings (SSSR count). The lowest BCUT2D eigenvalue weighted by Crippen LogP contribution is -2.32. The molecule has 3 aliphatic rings. The van der Waals surface area contributed by atoms with Crippen LogP contribution in [0.1, 0.15) is 255 Å². The minimum atomic E-state index is 0.0265. The Balaban J connectivity index is 1.42. The molecule has 2 aromatic heterocycles. The van der Waals surface area contributed by atoms with Gasteiger partial charge < -0.3 is 0 Å². The molecule has 0 bridgehead atoms. The molecule has 0 amide bonds. The highest BCUT2D eigenvalue weighted by Crippen LogP contribution is 2.64. The van der Waals surface area contributed by atoms with Gasteiger partial charge >= 0.3 is 0 Å². The summed E-state index contributed by atoms with van der Waals surface area (Å²) in [6, 6.07) is 21.9. The molecule has 3 aliphatic carbocycles. The predicted molar refractivity (Wildman–Crippen MR) is 292 cm³/mol. The summed E-state index contributed by atoms with van der Waals surface area (Å²) in [6.07, 6.45) is 34.7. The minimum absolute atomic E-state index is 0.0265. The lowest BCUT2D eigenvalue weighted by atomic mass is 9.63. The van der Waals surface area contributed by atoms with E-state index in [1.165, 1.54) is 177 Å². The van der Waals surface area contributed by atoms with E-state index < -0.39 is 0 Å². The standard InChI is InChI=1S/C63H90S2/c1-9-17-26-45(14-6)41-62(40-44(13-5)25-12-4)55-33-49-31-32-64-59(49)38-53(55)51-36-58-52(37-57(51)62)54-39-61-50(35-60(65-61)48-29-23-21-20-22-24-30-48)34-56(54)63(58,42-46(15-7)27-18-10-2)43-47(16-8)28-19-11-3/h31-39,44-48H,9-30,40-43H2,1-8H3. The number of rotatable bonds is 24. The van der Waals surface area contributed by atoms with Crippen LogP contribution in [-0.2, 0) is 10.8 Å². The quantitative estimate of drug-likeness (QED) is 0.0579. The van der Waals surface area contributed by atoms with E-state index >= 15 is 0 Å². The normalized spacial score (nSPS) is 21.5. The highest BCUT2D eigenvalue weighted by molar-refractivity contribution is 7.19. The number of benzene rings is 3. The van der Waals surface area contributed by atoms with E-state index in [1.54, 1.807) is 59.5 Å². The van der Waals surface area contributed by atoms with E-state index in [0.29, 0.717) is 0 Å². The molecule has 5 atom stereocenters. The Morgan fingerprint density at radius 3 is 1.37 bits per heavy atom. The third-order valence-corrected chi connectivity index (χ3v) is 20.2. The number of hydrogen-bond donors (Lipinski definition) is 0. The second-order valence-corrected chi connectivity index (χ2v) is 24.3. The van der Waals surface area contributed by atoms with E-state index in [0.717, 1.165) is 29.6 Å². The first-order chi connectivity index (χ1) is 31.8. The molecule has 0 aliphatic heterocycles. The van der Waals surface area contributed by atoms with Gasteiger partial charge in [0.25, 0.3) is 0 Å². The highest BCUT2D eigenvalue weighted by atomic mass is 32.1. The summed E-state index contributed by atoms with van der Waals surface area (Å²) in [6.45, 7) is 19.7. The molecule has 2 heteroatoms. The zero-order valence-corrected chi connectivity index (χ0v) is 44.4. The van der Waals surface area contributed by atoms with E-state index in [9.17, 15) is 0 Å². The van der Waals surface area contributed by atoms with Crippen LogP contribution in [0.3, 0.4) is 0 Å². The Morgan fingerprint density at radius 2 is 0.892 bits per heavy atom. The largest absolute Gasteiger partial charge is 0.144 e. The molecular weight excluding hydrogens is 821 g/mol. The van der Waals surface area contributed by atoms with Crippen molar-refractivity contribution in [3.05, 3.63) is 81.0 Å². The fourth-order valence-corrected chi connectivity index (χ4v) is 16.2. The molecule has 0 saturated heterocycles. The Labute approximate surface area is 406 Å². The van der Waals surface area contributed by atoms with E-state index in [2.05, 4.69) is 121 Å². The van der Waals surface area contributed by atoms with Crippen molar-refractivity contribution < 1.29 is 0 Å². The first-order valence-electron chi connectivity index (χ1n) is 28.1. The summed E-state index contributed by atoms with van der Waals surface area (Å²) >= 11 is 4.13.